The number of aryl methyl sites for hydroxylation is 1. The molecule has 0 bridgehead atoms. The van der Waals surface area contributed by atoms with Gasteiger partial charge in [0.05, 0.1) is 18.5 Å². The number of nitrogens with zero attached hydrogens (tertiary/aromatic N) is 2. The highest BCUT2D eigenvalue weighted by molar-refractivity contribution is 9.10. The molecule has 1 aromatic heterocycles. The number of Topliss-reactive ketones (excluding diaryl/α,β-unsaturated/α-hetero) is 1. The Morgan fingerprint density at radius 1 is 1.35 bits per heavy atom. The van der Waals surface area contributed by atoms with E-state index in [4.69, 9.17) is 4.74 Å². The van der Waals surface area contributed by atoms with Gasteiger partial charge >= 0.3 is 0 Å². The highest BCUT2D eigenvalue weighted by Gasteiger charge is 2.20. The Morgan fingerprint density at radius 3 is 2.95 bits per heavy atom. The molecule has 0 spiro atoms. The second-order valence-corrected chi connectivity index (χ2v) is 5.71. The molecule has 5 heteroatoms. The molecule has 0 aliphatic carbocycles. The van der Waals surface area contributed by atoms with Crippen molar-refractivity contribution >= 4 is 21.7 Å². The van der Waals surface area contributed by atoms with Crippen LogP contribution in [0, 0.1) is 6.92 Å². The molecular formula is C15H13BrN2O2. The Labute approximate surface area is 125 Å². The van der Waals surface area contributed by atoms with Crippen molar-refractivity contribution in [3.8, 4) is 5.75 Å². The predicted octanol–water partition coefficient (Wildman–Crippen LogP) is 2.91. The van der Waals surface area contributed by atoms with Crippen LogP contribution in [0.4, 0.5) is 0 Å². The number of rotatable bonds is 3. The van der Waals surface area contributed by atoms with E-state index in [1.807, 2.05) is 19.1 Å². The summed E-state index contributed by atoms with van der Waals surface area (Å²) in [7, 11) is 0. The van der Waals surface area contributed by atoms with Crippen LogP contribution in [0.3, 0.4) is 0 Å². The first-order valence-corrected chi connectivity index (χ1v) is 7.19. The van der Waals surface area contributed by atoms with Gasteiger partial charge in [0.15, 0.2) is 5.78 Å². The lowest BCUT2D eigenvalue weighted by molar-refractivity contribution is 0.0987. The SMILES string of the molecule is Cc1cnc(C(=O)Cc2cc(Br)cc3c2OCC3)cn1. The number of ether oxygens (including phenoxy) is 1. The van der Waals surface area contributed by atoms with Gasteiger partial charge < -0.3 is 4.74 Å². The molecule has 0 fully saturated rings. The maximum atomic E-state index is 12.3. The first-order valence-electron chi connectivity index (χ1n) is 6.39. The molecule has 4 nitrogen and oxygen atoms in total. The highest BCUT2D eigenvalue weighted by atomic mass is 79.9. The van der Waals surface area contributed by atoms with Crippen molar-refractivity contribution in [2.45, 2.75) is 19.8 Å². The van der Waals surface area contributed by atoms with E-state index < -0.39 is 0 Å². The quantitative estimate of drug-likeness (QED) is 0.811. The molecule has 0 saturated carbocycles. The zero-order valence-electron chi connectivity index (χ0n) is 11.0. The number of carbonyl (C=O) groups is 1. The summed E-state index contributed by atoms with van der Waals surface area (Å²) in [6.45, 7) is 2.52. The Morgan fingerprint density at radius 2 is 2.20 bits per heavy atom. The summed E-state index contributed by atoms with van der Waals surface area (Å²) in [5.74, 6) is 0.801. The lowest BCUT2D eigenvalue weighted by Crippen LogP contribution is -2.08. The predicted molar refractivity (Wildman–Crippen MR) is 78.1 cm³/mol. The molecule has 1 aliphatic rings. The van der Waals surface area contributed by atoms with Gasteiger partial charge in [-0.05, 0) is 24.6 Å². The van der Waals surface area contributed by atoms with Gasteiger partial charge in [0.2, 0.25) is 0 Å². The standard InChI is InChI=1S/C15H13BrN2O2/c1-9-7-18-13(8-17-9)14(19)6-11-5-12(16)4-10-2-3-20-15(10)11/h4-5,7-8H,2-3,6H2,1H3. The van der Waals surface area contributed by atoms with E-state index in [0.29, 0.717) is 12.3 Å². The molecule has 2 aromatic rings. The molecule has 0 unspecified atom stereocenters. The topological polar surface area (TPSA) is 52.1 Å². The number of ketones is 1. The minimum Gasteiger partial charge on any atom is -0.493 e. The first kappa shape index (κ1) is 13.2. The molecular weight excluding hydrogens is 320 g/mol. The normalized spacial score (nSPS) is 12.9. The van der Waals surface area contributed by atoms with Crippen molar-refractivity contribution < 1.29 is 9.53 Å². The number of aromatic nitrogens is 2. The van der Waals surface area contributed by atoms with Crippen molar-refractivity contribution in [3.63, 3.8) is 0 Å². The van der Waals surface area contributed by atoms with Crippen LogP contribution in [0.5, 0.6) is 5.75 Å². The lowest BCUT2D eigenvalue weighted by atomic mass is 10.0. The van der Waals surface area contributed by atoms with E-state index in [-0.39, 0.29) is 12.2 Å². The molecule has 0 atom stereocenters. The molecule has 20 heavy (non-hydrogen) atoms. The van der Waals surface area contributed by atoms with Crippen LogP contribution in [0.2, 0.25) is 0 Å². The zero-order valence-corrected chi connectivity index (χ0v) is 12.6. The molecule has 3 rings (SSSR count). The fourth-order valence-corrected chi connectivity index (χ4v) is 2.83. The molecule has 1 aliphatic heterocycles. The van der Waals surface area contributed by atoms with Crippen LogP contribution in [0.15, 0.2) is 29.0 Å². The summed E-state index contributed by atoms with van der Waals surface area (Å²) in [6, 6.07) is 3.98. The number of benzene rings is 1. The fourth-order valence-electron chi connectivity index (χ4n) is 2.28. The van der Waals surface area contributed by atoms with Crippen LogP contribution in [-0.2, 0) is 12.8 Å². The van der Waals surface area contributed by atoms with Crippen LogP contribution < -0.4 is 4.74 Å². The number of halogens is 1. The molecule has 0 radical (unpaired) electrons. The van der Waals surface area contributed by atoms with E-state index in [0.717, 1.165) is 33.5 Å². The largest absolute Gasteiger partial charge is 0.493 e. The molecule has 0 saturated heterocycles. The third kappa shape index (κ3) is 2.58. The van der Waals surface area contributed by atoms with Gasteiger partial charge in [-0.3, -0.25) is 9.78 Å². The van der Waals surface area contributed by atoms with Crippen molar-refractivity contribution in [2.75, 3.05) is 6.61 Å². The molecule has 2 heterocycles. The second-order valence-electron chi connectivity index (χ2n) is 4.79. The van der Waals surface area contributed by atoms with E-state index >= 15 is 0 Å². The Bertz CT molecular complexity index is 668. The number of hydrogen-bond donors (Lipinski definition) is 0. The van der Waals surface area contributed by atoms with Crippen molar-refractivity contribution in [1.82, 2.24) is 9.97 Å². The number of carbonyl (C=O) groups excluding carboxylic acids is 1. The smallest absolute Gasteiger partial charge is 0.187 e. The monoisotopic (exact) mass is 332 g/mol. The van der Waals surface area contributed by atoms with Crippen molar-refractivity contribution in [1.29, 1.82) is 0 Å². The Kier molecular flexibility index (Phi) is 3.53. The van der Waals surface area contributed by atoms with E-state index in [9.17, 15) is 4.79 Å². The summed E-state index contributed by atoms with van der Waals surface area (Å²) in [5.41, 5.74) is 3.24. The minimum atomic E-state index is -0.0479. The summed E-state index contributed by atoms with van der Waals surface area (Å²) in [5, 5.41) is 0. The van der Waals surface area contributed by atoms with Crippen LogP contribution in [0.1, 0.15) is 27.3 Å². The molecule has 102 valence electrons. The lowest BCUT2D eigenvalue weighted by Gasteiger charge is -2.08. The average Bonchev–Trinajstić information content (AvgIpc) is 2.87. The van der Waals surface area contributed by atoms with Gasteiger partial charge in [-0.2, -0.15) is 0 Å². The fraction of sp³-hybridized carbons (Fsp3) is 0.267. The molecule has 0 N–H and O–H groups in total. The second kappa shape index (κ2) is 5.32. The third-order valence-electron chi connectivity index (χ3n) is 3.24. The average molecular weight is 333 g/mol. The summed E-state index contributed by atoms with van der Waals surface area (Å²) < 4.78 is 6.60. The van der Waals surface area contributed by atoms with E-state index in [1.165, 1.54) is 6.20 Å². The van der Waals surface area contributed by atoms with Crippen molar-refractivity contribution in [2.24, 2.45) is 0 Å². The van der Waals surface area contributed by atoms with Gasteiger partial charge in [-0.15, -0.1) is 0 Å². The zero-order chi connectivity index (χ0) is 14.1. The molecule has 1 aromatic carbocycles. The minimum absolute atomic E-state index is 0.0479. The van der Waals surface area contributed by atoms with Crippen LogP contribution >= 0.6 is 15.9 Å². The number of fused-ring (bicyclic) bond motifs is 1. The van der Waals surface area contributed by atoms with Gasteiger partial charge in [0.1, 0.15) is 11.4 Å². The summed E-state index contributed by atoms with van der Waals surface area (Å²) >= 11 is 3.48. The molecule has 0 amide bonds. The van der Waals surface area contributed by atoms with Gasteiger partial charge in [-0.25, -0.2) is 4.98 Å². The van der Waals surface area contributed by atoms with Gasteiger partial charge in [0, 0.05) is 29.1 Å². The third-order valence-corrected chi connectivity index (χ3v) is 3.70. The van der Waals surface area contributed by atoms with Crippen molar-refractivity contribution in [3.05, 3.63) is 51.5 Å². The van der Waals surface area contributed by atoms with Gasteiger partial charge in [-0.1, -0.05) is 15.9 Å². The Hall–Kier alpha value is -1.75. The van der Waals surface area contributed by atoms with Crippen LogP contribution in [-0.4, -0.2) is 22.4 Å². The first-order chi connectivity index (χ1) is 9.63. The summed E-state index contributed by atoms with van der Waals surface area (Å²) in [6.07, 6.45) is 4.30. The van der Waals surface area contributed by atoms with E-state index in [2.05, 4.69) is 25.9 Å². The summed E-state index contributed by atoms with van der Waals surface area (Å²) in [4.78, 5) is 20.5. The maximum absolute atomic E-state index is 12.3. The number of hydrogen-bond acceptors (Lipinski definition) is 4. The van der Waals surface area contributed by atoms with Gasteiger partial charge in [0.25, 0.3) is 0 Å². The highest BCUT2D eigenvalue weighted by Crippen LogP contribution is 2.33. The maximum Gasteiger partial charge on any atom is 0.187 e. The van der Waals surface area contributed by atoms with E-state index in [1.54, 1.807) is 6.20 Å². The van der Waals surface area contributed by atoms with Crippen LogP contribution in [0.25, 0.3) is 0 Å². The Balaban J connectivity index is 1.88.